The van der Waals surface area contributed by atoms with E-state index in [0.29, 0.717) is 10.8 Å². The smallest absolute Gasteiger partial charge is 0.345 e. The Morgan fingerprint density at radius 1 is 1.30 bits per heavy atom. The number of carboxylic acids is 1. The van der Waals surface area contributed by atoms with Gasteiger partial charge in [-0.15, -0.1) is 11.3 Å². The molecule has 0 radical (unpaired) electrons. The maximum Gasteiger partial charge on any atom is 0.345 e. The number of nitrogens with one attached hydrogen (secondary N) is 1. The lowest BCUT2D eigenvalue weighted by Gasteiger charge is -2.06. The molecule has 0 unspecified atom stereocenters. The van der Waals surface area contributed by atoms with Crippen LogP contribution in [0.2, 0.25) is 0 Å². The minimum atomic E-state index is -1.01. The number of aromatic carboxylic acids is 1. The molecule has 1 aromatic heterocycles. The average Bonchev–Trinajstić information content (AvgIpc) is 2.85. The van der Waals surface area contributed by atoms with Crippen LogP contribution in [0.3, 0.4) is 0 Å². The van der Waals surface area contributed by atoms with Gasteiger partial charge in [-0.1, -0.05) is 12.1 Å². The first kappa shape index (κ1) is 14.1. The number of carbonyl (C=O) groups excluding carboxylic acids is 1. The van der Waals surface area contributed by atoms with Crippen molar-refractivity contribution in [3.05, 3.63) is 46.8 Å². The van der Waals surface area contributed by atoms with Gasteiger partial charge in [-0.05, 0) is 36.8 Å². The van der Waals surface area contributed by atoms with Crippen LogP contribution in [0.4, 0.5) is 5.00 Å². The molecule has 0 saturated carbocycles. The molecule has 5 nitrogen and oxygen atoms in total. The van der Waals surface area contributed by atoms with Crippen molar-refractivity contribution in [2.75, 3.05) is 11.9 Å². The molecular weight excluding hydrogens is 278 g/mol. The van der Waals surface area contributed by atoms with Crippen molar-refractivity contribution in [3.8, 4) is 5.75 Å². The summed E-state index contributed by atoms with van der Waals surface area (Å²) < 4.78 is 5.35. The number of aryl methyl sites for hydroxylation is 1. The zero-order chi connectivity index (χ0) is 14.5. The summed E-state index contributed by atoms with van der Waals surface area (Å²) in [5.41, 5.74) is 1.05. The van der Waals surface area contributed by atoms with Crippen molar-refractivity contribution in [1.29, 1.82) is 0 Å². The number of thiophene rings is 1. The van der Waals surface area contributed by atoms with E-state index in [1.54, 1.807) is 12.1 Å². The van der Waals surface area contributed by atoms with E-state index in [1.165, 1.54) is 6.07 Å². The number of carboxylic acid groups (broad SMARTS) is 1. The molecule has 2 rings (SSSR count). The number of benzene rings is 1. The number of anilines is 1. The van der Waals surface area contributed by atoms with Gasteiger partial charge in [0.2, 0.25) is 0 Å². The first-order chi connectivity index (χ1) is 9.54. The third-order valence-corrected chi connectivity index (χ3v) is 3.43. The number of rotatable bonds is 5. The molecule has 2 aromatic rings. The van der Waals surface area contributed by atoms with Gasteiger partial charge in [0.1, 0.15) is 10.6 Å². The summed E-state index contributed by atoms with van der Waals surface area (Å²) in [7, 11) is 0. The molecule has 0 aliphatic carbocycles. The van der Waals surface area contributed by atoms with Crippen LogP contribution in [-0.4, -0.2) is 23.6 Å². The van der Waals surface area contributed by atoms with E-state index in [-0.39, 0.29) is 17.4 Å². The normalized spacial score (nSPS) is 10.1. The third-order valence-electron chi connectivity index (χ3n) is 2.44. The summed E-state index contributed by atoms with van der Waals surface area (Å²) in [6.07, 6.45) is 0. The van der Waals surface area contributed by atoms with Crippen LogP contribution in [0, 0.1) is 6.92 Å². The van der Waals surface area contributed by atoms with Crippen LogP contribution >= 0.6 is 11.3 Å². The molecule has 6 heteroatoms. The second kappa shape index (κ2) is 6.21. The lowest BCUT2D eigenvalue weighted by molar-refractivity contribution is -0.118. The zero-order valence-corrected chi connectivity index (χ0v) is 11.6. The first-order valence-electron chi connectivity index (χ1n) is 5.87. The van der Waals surface area contributed by atoms with Crippen molar-refractivity contribution in [2.24, 2.45) is 0 Å². The molecule has 0 saturated heterocycles. The summed E-state index contributed by atoms with van der Waals surface area (Å²) >= 11 is 1.01. The van der Waals surface area contributed by atoms with Gasteiger partial charge in [0, 0.05) is 0 Å². The summed E-state index contributed by atoms with van der Waals surface area (Å²) in [6.45, 7) is 1.82. The highest BCUT2D eigenvalue weighted by molar-refractivity contribution is 7.18. The molecule has 0 atom stereocenters. The summed E-state index contributed by atoms with van der Waals surface area (Å²) in [5, 5.41) is 11.9. The van der Waals surface area contributed by atoms with Gasteiger partial charge in [-0.2, -0.15) is 0 Å². The Morgan fingerprint density at radius 3 is 2.75 bits per heavy atom. The fraction of sp³-hybridized carbons (Fsp3) is 0.143. The maximum atomic E-state index is 11.7. The highest BCUT2D eigenvalue weighted by atomic mass is 32.1. The number of ether oxygens (including phenoxy) is 1. The van der Waals surface area contributed by atoms with Crippen LogP contribution in [0.1, 0.15) is 15.2 Å². The van der Waals surface area contributed by atoms with E-state index in [1.807, 2.05) is 25.1 Å². The largest absolute Gasteiger partial charge is 0.484 e. The number of carbonyl (C=O) groups is 2. The molecule has 104 valence electrons. The minimum Gasteiger partial charge on any atom is -0.484 e. The van der Waals surface area contributed by atoms with Gasteiger partial charge in [-0.3, -0.25) is 4.79 Å². The third kappa shape index (κ3) is 3.83. The molecule has 1 heterocycles. The van der Waals surface area contributed by atoms with Gasteiger partial charge in [0.05, 0.1) is 5.00 Å². The van der Waals surface area contributed by atoms with Crippen LogP contribution < -0.4 is 10.1 Å². The van der Waals surface area contributed by atoms with Crippen molar-refractivity contribution < 1.29 is 19.4 Å². The van der Waals surface area contributed by atoms with E-state index in [4.69, 9.17) is 9.84 Å². The minimum absolute atomic E-state index is 0.121. The van der Waals surface area contributed by atoms with E-state index in [2.05, 4.69) is 5.32 Å². The van der Waals surface area contributed by atoms with Crippen LogP contribution in [0.5, 0.6) is 5.75 Å². The monoisotopic (exact) mass is 291 g/mol. The highest BCUT2D eigenvalue weighted by Crippen LogP contribution is 2.21. The summed E-state index contributed by atoms with van der Waals surface area (Å²) in [5.74, 6) is -0.714. The summed E-state index contributed by atoms with van der Waals surface area (Å²) in [4.78, 5) is 22.6. The van der Waals surface area contributed by atoms with E-state index < -0.39 is 5.97 Å². The second-order valence-electron chi connectivity index (χ2n) is 4.12. The topological polar surface area (TPSA) is 75.6 Å². The predicted molar refractivity (Wildman–Crippen MR) is 76.6 cm³/mol. The highest BCUT2D eigenvalue weighted by Gasteiger charge is 2.09. The predicted octanol–water partition coefficient (Wildman–Crippen LogP) is 2.77. The molecule has 1 aromatic carbocycles. The van der Waals surface area contributed by atoms with Crippen molar-refractivity contribution in [2.45, 2.75) is 6.92 Å². The maximum absolute atomic E-state index is 11.7. The molecule has 0 aliphatic rings. The van der Waals surface area contributed by atoms with Gasteiger partial charge in [-0.25, -0.2) is 4.79 Å². The Labute approximate surface area is 119 Å². The molecule has 2 N–H and O–H groups in total. The Bertz CT molecular complexity index is 636. The second-order valence-corrected chi connectivity index (χ2v) is 5.21. The van der Waals surface area contributed by atoms with Crippen LogP contribution in [0.25, 0.3) is 0 Å². The Morgan fingerprint density at radius 2 is 2.10 bits per heavy atom. The van der Waals surface area contributed by atoms with Gasteiger partial charge >= 0.3 is 5.97 Å². The fourth-order valence-corrected chi connectivity index (χ4v) is 2.31. The van der Waals surface area contributed by atoms with Crippen molar-refractivity contribution in [3.63, 3.8) is 0 Å². The van der Waals surface area contributed by atoms with Gasteiger partial charge in [0.15, 0.2) is 6.61 Å². The lowest BCUT2D eigenvalue weighted by atomic mass is 10.2. The van der Waals surface area contributed by atoms with Crippen LogP contribution in [-0.2, 0) is 4.79 Å². The van der Waals surface area contributed by atoms with Gasteiger partial charge in [0.25, 0.3) is 5.91 Å². The van der Waals surface area contributed by atoms with E-state index in [9.17, 15) is 9.59 Å². The fourth-order valence-electron chi connectivity index (χ4n) is 1.55. The number of hydrogen-bond acceptors (Lipinski definition) is 4. The van der Waals surface area contributed by atoms with Gasteiger partial charge < -0.3 is 15.2 Å². The van der Waals surface area contributed by atoms with Crippen LogP contribution in [0.15, 0.2) is 36.4 Å². The first-order valence-corrected chi connectivity index (χ1v) is 6.69. The molecular formula is C14H13NO4S. The molecule has 1 amide bonds. The SMILES string of the molecule is Cc1cccc(OCC(=O)Nc2ccc(C(=O)O)s2)c1. The Balaban J connectivity index is 1.87. The molecule has 0 fully saturated rings. The average molecular weight is 291 g/mol. The number of amides is 1. The van der Waals surface area contributed by atoms with E-state index >= 15 is 0 Å². The van der Waals surface area contributed by atoms with Crippen molar-refractivity contribution >= 4 is 28.2 Å². The van der Waals surface area contributed by atoms with Crippen molar-refractivity contribution in [1.82, 2.24) is 0 Å². The number of hydrogen-bond donors (Lipinski definition) is 2. The Hall–Kier alpha value is -2.34. The lowest BCUT2D eigenvalue weighted by Crippen LogP contribution is -2.19. The summed E-state index contributed by atoms with van der Waals surface area (Å²) in [6, 6.07) is 10.4. The quantitative estimate of drug-likeness (QED) is 0.888. The molecule has 0 spiro atoms. The Kier molecular flexibility index (Phi) is 4.37. The van der Waals surface area contributed by atoms with E-state index in [0.717, 1.165) is 16.9 Å². The standard InChI is InChI=1S/C14H13NO4S/c1-9-3-2-4-10(7-9)19-8-12(16)15-13-6-5-11(20-13)14(17)18/h2-7H,8H2,1H3,(H,15,16)(H,17,18). The molecule has 0 bridgehead atoms. The molecule has 20 heavy (non-hydrogen) atoms. The molecule has 0 aliphatic heterocycles. The zero-order valence-electron chi connectivity index (χ0n) is 10.8.